The molecule has 0 saturated heterocycles. The number of nitrogens with one attached hydrogen (secondary N) is 1. The van der Waals surface area contributed by atoms with E-state index in [0.29, 0.717) is 13.1 Å². The van der Waals surface area contributed by atoms with Crippen LogP contribution in [0.5, 0.6) is 0 Å². The second-order valence-corrected chi connectivity index (χ2v) is 3.49. The van der Waals surface area contributed by atoms with Gasteiger partial charge in [0.2, 0.25) is 0 Å². The number of nitrogens with zero attached hydrogens (tertiary/aromatic N) is 1. The maximum atomic E-state index is 12.9. The Balaban J connectivity index is 2.79. The molecule has 16 heavy (non-hydrogen) atoms. The van der Waals surface area contributed by atoms with Crippen molar-refractivity contribution in [3.8, 4) is 0 Å². The molecule has 1 aromatic carbocycles. The topological polar surface area (TPSA) is 32.3 Å². The Morgan fingerprint density at radius 2 is 1.88 bits per heavy atom. The lowest BCUT2D eigenvalue weighted by Gasteiger charge is -2.16. The molecule has 0 aromatic heterocycles. The molecule has 0 saturated carbocycles. The van der Waals surface area contributed by atoms with Crippen molar-refractivity contribution >= 4 is 5.91 Å². The zero-order valence-corrected chi connectivity index (χ0v) is 9.26. The molecule has 1 rings (SSSR count). The molecule has 0 aliphatic rings. The van der Waals surface area contributed by atoms with Crippen LogP contribution in [-0.4, -0.2) is 38.0 Å². The van der Waals surface area contributed by atoms with E-state index in [-0.39, 0.29) is 5.56 Å². The molecule has 1 N–H and O–H groups in total. The average molecular weight is 228 g/mol. The number of hydrogen-bond acceptors (Lipinski definition) is 2. The van der Waals surface area contributed by atoms with Gasteiger partial charge in [-0.05, 0) is 19.2 Å². The van der Waals surface area contributed by atoms with Gasteiger partial charge in [-0.1, -0.05) is 0 Å². The summed E-state index contributed by atoms with van der Waals surface area (Å²) in [4.78, 5) is 13.1. The average Bonchev–Trinajstić information content (AvgIpc) is 2.23. The number of carbonyl (C=O) groups is 1. The van der Waals surface area contributed by atoms with Crippen LogP contribution in [0, 0.1) is 11.6 Å². The third-order valence-corrected chi connectivity index (χ3v) is 2.15. The molecular weight excluding hydrogens is 214 g/mol. The minimum absolute atomic E-state index is 0.0242. The van der Waals surface area contributed by atoms with E-state index in [1.165, 1.54) is 4.90 Å². The lowest BCUT2D eigenvalue weighted by Crippen LogP contribution is -2.32. The molecule has 0 heterocycles. The maximum absolute atomic E-state index is 12.9. The van der Waals surface area contributed by atoms with Gasteiger partial charge in [0.05, 0.1) is 0 Å². The molecule has 88 valence electrons. The molecule has 1 amide bonds. The predicted molar refractivity (Wildman–Crippen MR) is 57.2 cm³/mol. The summed E-state index contributed by atoms with van der Waals surface area (Å²) in [5.41, 5.74) is 0.0242. The van der Waals surface area contributed by atoms with Crippen LogP contribution >= 0.6 is 0 Å². The molecule has 0 spiro atoms. The first kappa shape index (κ1) is 12.6. The second kappa shape index (κ2) is 5.55. The first-order chi connectivity index (χ1) is 7.54. The summed E-state index contributed by atoms with van der Waals surface area (Å²) in [6.07, 6.45) is 0. The van der Waals surface area contributed by atoms with Crippen molar-refractivity contribution in [2.75, 3.05) is 27.2 Å². The first-order valence-corrected chi connectivity index (χ1v) is 4.90. The standard InChI is InChI=1S/C11H14F2N2O/c1-14-3-4-15(2)11(16)8-5-9(12)7-10(13)6-8/h5-7,14H,3-4H2,1-2H3. The van der Waals surface area contributed by atoms with Crippen LogP contribution in [-0.2, 0) is 0 Å². The third kappa shape index (κ3) is 3.27. The zero-order valence-electron chi connectivity index (χ0n) is 9.26. The third-order valence-electron chi connectivity index (χ3n) is 2.15. The van der Waals surface area contributed by atoms with Gasteiger partial charge in [0, 0.05) is 31.8 Å². The smallest absolute Gasteiger partial charge is 0.253 e. The first-order valence-electron chi connectivity index (χ1n) is 4.90. The van der Waals surface area contributed by atoms with E-state index in [0.717, 1.165) is 18.2 Å². The molecule has 0 unspecified atom stereocenters. The molecule has 1 aromatic rings. The van der Waals surface area contributed by atoms with Gasteiger partial charge in [0.15, 0.2) is 0 Å². The number of rotatable bonds is 4. The quantitative estimate of drug-likeness (QED) is 0.841. The highest BCUT2D eigenvalue weighted by molar-refractivity contribution is 5.94. The van der Waals surface area contributed by atoms with Crippen LogP contribution in [0.1, 0.15) is 10.4 Å². The van der Waals surface area contributed by atoms with Crippen molar-refractivity contribution < 1.29 is 13.6 Å². The Labute approximate surface area is 93.1 Å². The van der Waals surface area contributed by atoms with Crippen LogP contribution < -0.4 is 5.32 Å². The Morgan fingerprint density at radius 1 is 1.31 bits per heavy atom. The van der Waals surface area contributed by atoms with E-state index in [1.807, 2.05) is 0 Å². The van der Waals surface area contributed by atoms with Crippen LogP contribution in [0.25, 0.3) is 0 Å². The summed E-state index contributed by atoms with van der Waals surface area (Å²) in [7, 11) is 3.35. The highest BCUT2D eigenvalue weighted by Crippen LogP contribution is 2.09. The number of likely N-dealkylation sites (N-methyl/N-ethyl adjacent to an activating group) is 2. The molecule has 3 nitrogen and oxygen atoms in total. The van der Waals surface area contributed by atoms with Gasteiger partial charge < -0.3 is 10.2 Å². The number of carbonyl (C=O) groups excluding carboxylic acids is 1. The molecule has 0 aliphatic carbocycles. The normalized spacial score (nSPS) is 10.2. The van der Waals surface area contributed by atoms with E-state index >= 15 is 0 Å². The summed E-state index contributed by atoms with van der Waals surface area (Å²) in [5, 5.41) is 2.89. The van der Waals surface area contributed by atoms with Crippen molar-refractivity contribution in [2.24, 2.45) is 0 Å². The molecule has 0 atom stereocenters. The Bertz CT molecular complexity index is 362. The zero-order chi connectivity index (χ0) is 12.1. The Hall–Kier alpha value is -1.49. The predicted octanol–water partition coefficient (Wildman–Crippen LogP) is 1.26. The van der Waals surface area contributed by atoms with Crippen molar-refractivity contribution in [3.63, 3.8) is 0 Å². The summed E-state index contributed by atoms with van der Waals surface area (Å²) in [6, 6.07) is 2.80. The summed E-state index contributed by atoms with van der Waals surface area (Å²) in [5.74, 6) is -1.88. The fourth-order valence-corrected chi connectivity index (χ4v) is 1.28. The summed E-state index contributed by atoms with van der Waals surface area (Å²) in [6.45, 7) is 1.10. The van der Waals surface area contributed by atoms with E-state index in [4.69, 9.17) is 0 Å². The van der Waals surface area contributed by atoms with Gasteiger partial charge in [-0.25, -0.2) is 8.78 Å². The van der Waals surface area contributed by atoms with E-state index in [2.05, 4.69) is 5.32 Å². The molecule has 0 aliphatic heterocycles. The molecule has 0 fully saturated rings. The van der Waals surface area contributed by atoms with Gasteiger partial charge in [0.1, 0.15) is 11.6 Å². The fraction of sp³-hybridized carbons (Fsp3) is 0.364. The van der Waals surface area contributed by atoms with Crippen molar-refractivity contribution in [1.29, 1.82) is 0 Å². The van der Waals surface area contributed by atoms with E-state index < -0.39 is 17.5 Å². The molecule has 5 heteroatoms. The van der Waals surface area contributed by atoms with Gasteiger partial charge in [-0.2, -0.15) is 0 Å². The van der Waals surface area contributed by atoms with Gasteiger partial charge >= 0.3 is 0 Å². The van der Waals surface area contributed by atoms with Gasteiger partial charge in [-0.15, -0.1) is 0 Å². The highest BCUT2D eigenvalue weighted by Gasteiger charge is 2.13. The van der Waals surface area contributed by atoms with Crippen LogP contribution in [0.4, 0.5) is 8.78 Å². The van der Waals surface area contributed by atoms with E-state index in [1.54, 1.807) is 14.1 Å². The van der Waals surface area contributed by atoms with Gasteiger partial charge in [0.25, 0.3) is 5.91 Å². The SMILES string of the molecule is CNCCN(C)C(=O)c1cc(F)cc(F)c1. The minimum Gasteiger partial charge on any atom is -0.340 e. The van der Waals surface area contributed by atoms with E-state index in [9.17, 15) is 13.6 Å². The minimum atomic E-state index is -0.745. The van der Waals surface area contributed by atoms with Crippen LogP contribution in [0.3, 0.4) is 0 Å². The monoisotopic (exact) mass is 228 g/mol. The largest absolute Gasteiger partial charge is 0.340 e. The van der Waals surface area contributed by atoms with Gasteiger partial charge in [-0.3, -0.25) is 4.79 Å². The maximum Gasteiger partial charge on any atom is 0.253 e. The number of halogens is 2. The highest BCUT2D eigenvalue weighted by atomic mass is 19.1. The number of amides is 1. The Morgan fingerprint density at radius 3 is 2.38 bits per heavy atom. The number of benzene rings is 1. The number of hydrogen-bond donors (Lipinski definition) is 1. The summed E-state index contributed by atoms with van der Waals surface area (Å²) >= 11 is 0. The van der Waals surface area contributed by atoms with Crippen LogP contribution in [0.15, 0.2) is 18.2 Å². The lowest BCUT2D eigenvalue weighted by atomic mass is 10.2. The van der Waals surface area contributed by atoms with Crippen LogP contribution in [0.2, 0.25) is 0 Å². The molecular formula is C11H14F2N2O. The van der Waals surface area contributed by atoms with Crippen molar-refractivity contribution in [1.82, 2.24) is 10.2 Å². The lowest BCUT2D eigenvalue weighted by molar-refractivity contribution is 0.0796. The summed E-state index contributed by atoms with van der Waals surface area (Å²) < 4.78 is 25.8. The molecule has 0 bridgehead atoms. The fourth-order valence-electron chi connectivity index (χ4n) is 1.28. The molecule has 0 radical (unpaired) electrons. The second-order valence-electron chi connectivity index (χ2n) is 3.49. The van der Waals surface area contributed by atoms with Crippen molar-refractivity contribution in [3.05, 3.63) is 35.4 Å². The Kier molecular flexibility index (Phi) is 4.37. The van der Waals surface area contributed by atoms with Crippen molar-refractivity contribution in [2.45, 2.75) is 0 Å².